The van der Waals surface area contributed by atoms with Gasteiger partial charge in [-0.15, -0.1) is 12.4 Å². The highest BCUT2D eigenvalue weighted by Gasteiger charge is 2.52. The van der Waals surface area contributed by atoms with Crippen molar-refractivity contribution in [3.63, 3.8) is 0 Å². The summed E-state index contributed by atoms with van der Waals surface area (Å²) >= 11 is 0. The van der Waals surface area contributed by atoms with Gasteiger partial charge >= 0.3 is 7.12 Å². The lowest BCUT2D eigenvalue weighted by Gasteiger charge is -2.32. The highest BCUT2D eigenvalue weighted by atomic mass is 35.5. The van der Waals surface area contributed by atoms with Crippen molar-refractivity contribution >= 4 is 30.9 Å². The van der Waals surface area contributed by atoms with Gasteiger partial charge < -0.3 is 19.5 Å². The first kappa shape index (κ1) is 21.2. The molecule has 3 rings (SSSR count). The molecular formula is C19H30BClN2O3. The number of hydrogen-bond acceptors (Lipinski definition) is 4. The molecule has 2 saturated heterocycles. The van der Waals surface area contributed by atoms with Crippen molar-refractivity contribution in [2.24, 2.45) is 0 Å². The van der Waals surface area contributed by atoms with Gasteiger partial charge in [0.15, 0.2) is 0 Å². The van der Waals surface area contributed by atoms with Gasteiger partial charge in [0.1, 0.15) is 0 Å². The number of rotatable bonds is 3. The zero-order chi connectivity index (χ0) is 18.4. The lowest BCUT2D eigenvalue weighted by Crippen LogP contribution is -2.41. The van der Waals surface area contributed by atoms with Crippen molar-refractivity contribution in [1.82, 2.24) is 10.2 Å². The molecule has 1 atom stereocenters. The fraction of sp³-hybridized carbons (Fsp3) is 0.632. The van der Waals surface area contributed by atoms with Gasteiger partial charge in [-0.2, -0.15) is 0 Å². The number of likely N-dealkylation sites (N-methyl/N-ethyl adjacent to an activating group) is 1. The maximum absolute atomic E-state index is 12.9. The van der Waals surface area contributed by atoms with E-state index >= 15 is 0 Å². The molecule has 0 spiro atoms. The van der Waals surface area contributed by atoms with Crippen LogP contribution in [0, 0.1) is 6.92 Å². The fourth-order valence-corrected chi connectivity index (χ4v) is 3.34. The van der Waals surface area contributed by atoms with E-state index in [1.807, 2.05) is 64.8 Å². The van der Waals surface area contributed by atoms with E-state index in [1.165, 1.54) is 0 Å². The predicted octanol–water partition coefficient (Wildman–Crippen LogP) is 2.15. The Labute approximate surface area is 163 Å². The summed E-state index contributed by atoms with van der Waals surface area (Å²) in [5.74, 6) is 0.0477. The molecule has 2 heterocycles. The number of aryl methyl sites for hydroxylation is 1. The molecular weight excluding hydrogens is 350 g/mol. The van der Waals surface area contributed by atoms with Crippen LogP contribution in [0.4, 0.5) is 0 Å². The molecule has 1 aromatic carbocycles. The van der Waals surface area contributed by atoms with E-state index in [2.05, 4.69) is 5.32 Å². The Morgan fingerprint density at radius 3 is 2.38 bits per heavy atom. The van der Waals surface area contributed by atoms with Gasteiger partial charge in [-0.25, -0.2) is 0 Å². The first-order chi connectivity index (χ1) is 11.6. The van der Waals surface area contributed by atoms with Crippen molar-refractivity contribution in [3.05, 3.63) is 29.3 Å². The standard InChI is InChI=1S/C19H29BN2O3.ClH/c1-13-7-8-14(17(23)22(6)15-9-10-21-12-15)11-16(13)20-24-18(2,3)19(4,5)25-20;/h7-8,11,15,21H,9-10,12H2,1-6H3;1H. The van der Waals surface area contributed by atoms with E-state index in [0.717, 1.165) is 30.5 Å². The van der Waals surface area contributed by atoms with E-state index in [0.29, 0.717) is 5.56 Å². The van der Waals surface area contributed by atoms with Gasteiger partial charge in [0, 0.05) is 25.2 Å². The Kier molecular flexibility index (Phi) is 6.13. The Balaban J connectivity index is 0.00000243. The minimum Gasteiger partial charge on any atom is -0.399 e. The molecule has 1 N–H and O–H groups in total. The van der Waals surface area contributed by atoms with E-state index < -0.39 is 18.3 Å². The van der Waals surface area contributed by atoms with E-state index in [4.69, 9.17) is 9.31 Å². The lowest BCUT2D eigenvalue weighted by atomic mass is 9.75. The lowest BCUT2D eigenvalue weighted by molar-refractivity contribution is 0.00578. The fourth-order valence-electron chi connectivity index (χ4n) is 3.34. The molecule has 7 heteroatoms. The van der Waals surface area contributed by atoms with Gasteiger partial charge in [0.05, 0.1) is 11.2 Å². The largest absolute Gasteiger partial charge is 0.495 e. The second-order valence-corrected chi connectivity index (χ2v) is 8.22. The predicted molar refractivity (Wildman–Crippen MR) is 108 cm³/mol. The van der Waals surface area contributed by atoms with E-state index in [9.17, 15) is 4.79 Å². The Morgan fingerprint density at radius 1 is 1.23 bits per heavy atom. The molecule has 1 amide bonds. The third-order valence-corrected chi connectivity index (χ3v) is 5.94. The zero-order valence-corrected chi connectivity index (χ0v) is 17.4. The average molecular weight is 381 g/mol. The zero-order valence-electron chi connectivity index (χ0n) is 16.6. The normalized spacial score (nSPS) is 23.6. The van der Waals surface area contributed by atoms with Crippen LogP contribution in [0.15, 0.2) is 18.2 Å². The Morgan fingerprint density at radius 2 is 1.85 bits per heavy atom. The summed E-state index contributed by atoms with van der Waals surface area (Å²) in [6, 6.07) is 6.06. The van der Waals surface area contributed by atoms with Gasteiger partial charge in [-0.3, -0.25) is 4.79 Å². The van der Waals surface area contributed by atoms with Crippen LogP contribution < -0.4 is 10.8 Å². The van der Waals surface area contributed by atoms with Crippen LogP contribution >= 0.6 is 12.4 Å². The quantitative estimate of drug-likeness (QED) is 0.816. The maximum atomic E-state index is 12.9. The van der Waals surface area contributed by atoms with Crippen LogP contribution in [0.25, 0.3) is 0 Å². The molecule has 1 unspecified atom stereocenters. The molecule has 2 fully saturated rings. The van der Waals surface area contributed by atoms with Crippen LogP contribution in [0.1, 0.15) is 50.0 Å². The maximum Gasteiger partial charge on any atom is 0.495 e. The molecule has 5 nitrogen and oxygen atoms in total. The first-order valence-electron chi connectivity index (χ1n) is 9.06. The summed E-state index contributed by atoms with van der Waals surface area (Å²) in [7, 11) is 1.44. The summed E-state index contributed by atoms with van der Waals surface area (Å²) in [4.78, 5) is 14.7. The van der Waals surface area contributed by atoms with Gasteiger partial charge in [0.25, 0.3) is 5.91 Å². The number of nitrogens with one attached hydrogen (secondary N) is 1. The third kappa shape index (κ3) is 3.79. The summed E-state index contributed by atoms with van der Waals surface area (Å²) in [5, 5.41) is 3.31. The summed E-state index contributed by atoms with van der Waals surface area (Å²) in [5.41, 5.74) is 1.90. The topological polar surface area (TPSA) is 50.8 Å². The van der Waals surface area contributed by atoms with Crippen LogP contribution in [0.5, 0.6) is 0 Å². The number of halogens is 1. The number of carbonyl (C=O) groups excluding carboxylic acids is 1. The second kappa shape index (κ2) is 7.51. The SMILES string of the molecule is Cc1ccc(C(=O)N(C)C2CCNC2)cc1B1OC(C)(C)C(C)(C)O1.Cl. The molecule has 2 aliphatic rings. The molecule has 0 bridgehead atoms. The number of nitrogens with zero attached hydrogens (tertiary/aromatic N) is 1. The average Bonchev–Trinajstić information content (AvgIpc) is 3.13. The van der Waals surface area contributed by atoms with Crippen LogP contribution in [0.2, 0.25) is 0 Å². The Hall–Kier alpha value is -1.08. The van der Waals surface area contributed by atoms with Crippen LogP contribution in [0.3, 0.4) is 0 Å². The minimum absolute atomic E-state index is 0. The molecule has 26 heavy (non-hydrogen) atoms. The Bertz CT molecular complexity index is 659. The third-order valence-electron chi connectivity index (χ3n) is 5.94. The summed E-state index contributed by atoms with van der Waals surface area (Å²) in [6.07, 6.45) is 0.998. The summed E-state index contributed by atoms with van der Waals surface area (Å²) in [6.45, 7) is 12.0. The molecule has 0 aromatic heterocycles. The molecule has 0 radical (unpaired) electrons. The number of amides is 1. The van der Waals surface area contributed by atoms with E-state index in [1.54, 1.807) is 0 Å². The van der Waals surface area contributed by atoms with Gasteiger partial charge in [-0.05, 0) is 65.2 Å². The first-order valence-corrected chi connectivity index (χ1v) is 9.06. The monoisotopic (exact) mass is 380 g/mol. The number of hydrogen-bond donors (Lipinski definition) is 1. The smallest absolute Gasteiger partial charge is 0.399 e. The number of benzene rings is 1. The van der Waals surface area contributed by atoms with Gasteiger partial charge in [-0.1, -0.05) is 11.6 Å². The molecule has 0 aliphatic carbocycles. The number of carbonyl (C=O) groups is 1. The highest BCUT2D eigenvalue weighted by Crippen LogP contribution is 2.36. The molecule has 2 aliphatic heterocycles. The van der Waals surface area contributed by atoms with Crippen LogP contribution in [-0.2, 0) is 9.31 Å². The molecule has 1 aromatic rings. The molecule has 144 valence electrons. The summed E-state index contributed by atoms with van der Waals surface area (Å²) < 4.78 is 12.3. The van der Waals surface area contributed by atoms with E-state index in [-0.39, 0.29) is 24.4 Å². The molecule has 0 saturated carbocycles. The van der Waals surface area contributed by atoms with Crippen molar-refractivity contribution in [2.45, 2.75) is 58.3 Å². The highest BCUT2D eigenvalue weighted by molar-refractivity contribution is 6.62. The van der Waals surface area contributed by atoms with Crippen LogP contribution in [-0.4, -0.2) is 55.3 Å². The second-order valence-electron chi connectivity index (χ2n) is 8.22. The van der Waals surface area contributed by atoms with Crippen molar-refractivity contribution in [3.8, 4) is 0 Å². The van der Waals surface area contributed by atoms with Crippen molar-refractivity contribution in [1.29, 1.82) is 0 Å². The minimum atomic E-state index is -0.448. The van der Waals surface area contributed by atoms with Crippen molar-refractivity contribution < 1.29 is 14.1 Å². The van der Waals surface area contributed by atoms with Gasteiger partial charge in [0.2, 0.25) is 0 Å². The van der Waals surface area contributed by atoms with Crippen molar-refractivity contribution in [2.75, 3.05) is 20.1 Å².